The third-order valence-electron chi connectivity index (χ3n) is 3.25. The number of carbonyl (C=O) groups excluding carboxylic acids is 1. The molecule has 4 nitrogen and oxygen atoms in total. The monoisotopic (exact) mass is 350 g/mol. The Labute approximate surface area is 129 Å². The van der Waals surface area contributed by atoms with Crippen LogP contribution in [0.3, 0.4) is 0 Å². The molecule has 0 saturated heterocycles. The minimum Gasteiger partial charge on any atom is -0.481 e. The highest BCUT2D eigenvalue weighted by atomic mass is 79.9. The van der Waals surface area contributed by atoms with Crippen molar-refractivity contribution in [3.05, 3.63) is 52.3 Å². The van der Waals surface area contributed by atoms with Gasteiger partial charge in [-0.1, -0.05) is 6.07 Å². The third kappa shape index (κ3) is 2.71. The number of hydrogen-bond acceptors (Lipinski definition) is 3. The van der Waals surface area contributed by atoms with Crippen LogP contribution < -0.4 is 15.4 Å². The summed E-state index contributed by atoms with van der Waals surface area (Å²) < 4.78 is 19.0. The van der Waals surface area contributed by atoms with Crippen LogP contribution >= 0.6 is 15.9 Å². The maximum atomic E-state index is 13.3. The Morgan fingerprint density at radius 1 is 1.29 bits per heavy atom. The van der Waals surface area contributed by atoms with Crippen molar-refractivity contribution in [1.82, 2.24) is 0 Å². The summed E-state index contributed by atoms with van der Waals surface area (Å²) in [5.74, 6) is 0.101. The highest BCUT2D eigenvalue weighted by Crippen LogP contribution is 2.34. The fourth-order valence-corrected chi connectivity index (χ4v) is 2.64. The minimum atomic E-state index is -0.333. The van der Waals surface area contributed by atoms with Gasteiger partial charge in [0.25, 0.3) is 5.91 Å². The van der Waals surface area contributed by atoms with Gasteiger partial charge in [0.15, 0.2) is 6.61 Å². The van der Waals surface area contributed by atoms with Crippen LogP contribution in [0.4, 0.5) is 15.8 Å². The summed E-state index contributed by atoms with van der Waals surface area (Å²) in [6, 6.07) is 9.84. The average molecular weight is 351 g/mol. The van der Waals surface area contributed by atoms with Gasteiger partial charge in [-0.2, -0.15) is 0 Å². The highest BCUT2D eigenvalue weighted by Gasteiger charge is 2.25. The summed E-state index contributed by atoms with van der Waals surface area (Å²) in [5, 5.41) is 0. The lowest BCUT2D eigenvalue weighted by Gasteiger charge is -2.29. The molecule has 21 heavy (non-hydrogen) atoms. The van der Waals surface area contributed by atoms with E-state index in [0.29, 0.717) is 28.1 Å². The van der Waals surface area contributed by atoms with Crippen LogP contribution in [0.25, 0.3) is 0 Å². The molecule has 0 atom stereocenters. The molecule has 2 aromatic carbocycles. The molecule has 0 fully saturated rings. The minimum absolute atomic E-state index is 0.0290. The second-order valence-corrected chi connectivity index (χ2v) is 5.60. The summed E-state index contributed by atoms with van der Waals surface area (Å²) in [6.45, 7) is 0.316. The number of nitrogens with two attached hydrogens (primary N) is 1. The van der Waals surface area contributed by atoms with Crippen molar-refractivity contribution in [2.24, 2.45) is 0 Å². The number of rotatable bonds is 2. The topological polar surface area (TPSA) is 55.6 Å². The first-order valence-electron chi connectivity index (χ1n) is 6.31. The number of ether oxygens (including phenoxy) is 1. The number of amides is 1. The fraction of sp³-hybridized carbons (Fsp3) is 0.133. The van der Waals surface area contributed by atoms with Crippen LogP contribution in [0.15, 0.2) is 40.9 Å². The Balaban J connectivity index is 1.94. The number of carbonyl (C=O) groups is 1. The average Bonchev–Trinajstić information content (AvgIpc) is 2.46. The van der Waals surface area contributed by atoms with Crippen LogP contribution in [0.5, 0.6) is 5.75 Å². The molecule has 108 valence electrons. The number of hydrogen-bond donors (Lipinski definition) is 1. The summed E-state index contributed by atoms with van der Waals surface area (Å²) in [4.78, 5) is 13.7. The molecule has 0 saturated carbocycles. The Bertz CT molecular complexity index is 721. The van der Waals surface area contributed by atoms with E-state index in [-0.39, 0.29) is 18.3 Å². The molecule has 0 aromatic heterocycles. The molecule has 1 amide bonds. The second-order valence-electron chi connectivity index (χ2n) is 4.74. The van der Waals surface area contributed by atoms with Gasteiger partial charge in [0.2, 0.25) is 0 Å². The zero-order valence-corrected chi connectivity index (χ0v) is 12.6. The Hall–Kier alpha value is -2.08. The number of halogens is 2. The van der Waals surface area contributed by atoms with Gasteiger partial charge in [0, 0.05) is 11.8 Å². The second kappa shape index (κ2) is 5.37. The van der Waals surface area contributed by atoms with E-state index < -0.39 is 0 Å². The van der Waals surface area contributed by atoms with Crippen molar-refractivity contribution in [3.8, 4) is 5.75 Å². The van der Waals surface area contributed by atoms with Gasteiger partial charge in [-0.05, 0) is 45.8 Å². The molecule has 0 bridgehead atoms. The maximum absolute atomic E-state index is 13.3. The van der Waals surface area contributed by atoms with Crippen molar-refractivity contribution in [2.75, 3.05) is 17.2 Å². The number of nitrogens with zero attached hydrogens (tertiary/aromatic N) is 1. The van der Waals surface area contributed by atoms with E-state index in [1.165, 1.54) is 6.07 Å². The van der Waals surface area contributed by atoms with E-state index in [2.05, 4.69) is 15.9 Å². The highest BCUT2D eigenvalue weighted by molar-refractivity contribution is 9.10. The predicted octanol–water partition coefficient (Wildman–Crippen LogP) is 3.10. The molecule has 0 radical (unpaired) electrons. The van der Waals surface area contributed by atoms with E-state index in [9.17, 15) is 9.18 Å². The van der Waals surface area contributed by atoms with E-state index in [1.807, 2.05) is 0 Å². The summed E-state index contributed by atoms with van der Waals surface area (Å²) in [7, 11) is 0. The van der Waals surface area contributed by atoms with Crippen LogP contribution in [0.2, 0.25) is 0 Å². The molecular weight excluding hydrogens is 339 g/mol. The van der Waals surface area contributed by atoms with Crippen molar-refractivity contribution in [3.63, 3.8) is 0 Å². The molecule has 6 heteroatoms. The zero-order valence-electron chi connectivity index (χ0n) is 11.0. The Kier molecular flexibility index (Phi) is 3.55. The van der Waals surface area contributed by atoms with Gasteiger partial charge in [-0.25, -0.2) is 4.39 Å². The SMILES string of the molecule is Nc1ccc2c(c1)OCC(=O)N2Cc1ccc(F)c(Br)c1. The first-order chi connectivity index (χ1) is 10.0. The number of benzene rings is 2. The van der Waals surface area contributed by atoms with E-state index in [0.717, 1.165) is 5.56 Å². The molecule has 1 aliphatic rings. The summed E-state index contributed by atoms with van der Waals surface area (Å²) >= 11 is 3.15. The van der Waals surface area contributed by atoms with Crippen LogP contribution in [-0.4, -0.2) is 12.5 Å². The largest absolute Gasteiger partial charge is 0.481 e. The first-order valence-corrected chi connectivity index (χ1v) is 7.10. The van der Waals surface area contributed by atoms with Crippen molar-refractivity contribution < 1.29 is 13.9 Å². The fourth-order valence-electron chi connectivity index (χ4n) is 2.21. The van der Waals surface area contributed by atoms with Gasteiger partial charge < -0.3 is 15.4 Å². The lowest BCUT2D eigenvalue weighted by atomic mass is 10.1. The van der Waals surface area contributed by atoms with Gasteiger partial charge in [0.1, 0.15) is 11.6 Å². The quantitative estimate of drug-likeness (QED) is 0.846. The lowest BCUT2D eigenvalue weighted by Crippen LogP contribution is -2.38. The molecule has 2 aromatic rings. The number of nitrogen functional groups attached to an aromatic ring is 1. The molecule has 0 unspecified atom stereocenters. The molecule has 0 spiro atoms. The maximum Gasteiger partial charge on any atom is 0.265 e. The zero-order chi connectivity index (χ0) is 15.0. The molecule has 1 heterocycles. The molecule has 2 N–H and O–H groups in total. The Morgan fingerprint density at radius 2 is 2.10 bits per heavy atom. The third-order valence-corrected chi connectivity index (χ3v) is 3.86. The first kappa shape index (κ1) is 13.9. The standard InChI is InChI=1S/C15H12BrFN2O2/c16-11-5-9(1-3-12(11)17)7-19-13-4-2-10(18)6-14(13)21-8-15(19)20/h1-6H,7-8,18H2. The Morgan fingerprint density at radius 3 is 2.86 bits per heavy atom. The van der Waals surface area contributed by atoms with Crippen molar-refractivity contribution in [2.45, 2.75) is 6.54 Å². The van der Waals surface area contributed by atoms with Gasteiger partial charge in [-0.15, -0.1) is 0 Å². The van der Waals surface area contributed by atoms with Crippen LogP contribution in [0.1, 0.15) is 5.56 Å². The van der Waals surface area contributed by atoms with Gasteiger partial charge in [0.05, 0.1) is 16.7 Å². The van der Waals surface area contributed by atoms with Gasteiger partial charge >= 0.3 is 0 Å². The smallest absolute Gasteiger partial charge is 0.265 e. The number of anilines is 2. The van der Waals surface area contributed by atoms with Crippen molar-refractivity contribution >= 4 is 33.2 Å². The van der Waals surface area contributed by atoms with Crippen LogP contribution in [-0.2, 0) is 11.3 Å². The molecule has 0 aliphatic carbocycles. The number of fused-ring (bicyclic) bond motifs is 1. The normalized spacial score (nSPS) is 13.8. The molecule has 1 aliphatic heterocycles. The van der Waals surface area contributed by atoms with Gasteiger partial charge in [-0.3, -0.25) is 4.79 Å². The van der Waals surface area contributed by atoms with Crippen LogP contribution in [0, 0.1) is 5.82 Å². The lowest BCUT2D eigenvalue weighted by molar-refractivity contribution is -0.121. The van der Waals surface area contributed by atoms with Crippen molar-refractivity contribution in [1.29, 1.82) is 0 Å². The predicted molar refractivity (Wildman–Crippen MR) is 81.6 cm³/mol. The van der Waals surface area contributed by atoms with E-state index >= 15 is 0 Å². The molecule has 3 rings (SSSR count). The summed E-state index contributed by atoms with van der Waals surface area (Å²) in [5.41, 5.74) is 7.78. The van der Waals surface area contributed by atoms with E-state index in [4.69, 9.17) is 10.5 Å². The molecular formula is C15H12BrFN2O2. The van der Waals surface area contributed by atoms with E-state index in [1.54, 1.807) is 35.2 Å². The summed E-state index contributed by atoms with van der Waals surface area (Å²) in [6.07, 6.45) is 0.